The first-order valence-corrected chi connectivity index (χ1v) is 8.48. The zero-order valence-corrected chi connectivity index (χ0v) is 14.7. The van der Waals surface area contributed by atoms with Gasteiger partial charge in [0.05, 0.1) is 0 Å². The van der Waals surface area contributed by atoms with E-state index in [1.165, 1.54) is 35.4 Å². The Hall–Kier alpha value is -3.23. The van der Waals surface area contributed by atoms with Crippen LogP contribution in [0, 0.1) is 5.82 Å². The third-order valence-electron chi connectivity index (χ3n) is 4.24. The molecule has 2 heterocycles. The SMILES string of the molecule is C[C@@H]1CNC(=O)CCN1C(=O)c1cnc(COc2ccc(F)cc2)[nH]c1=O. The Morgan fingerprint density at radius 3 is 2.78 bits per heavy atom. The van der Waals surface area contributed by atoms with E-state index in [4.69, 9.17) is 4.74 Å². The van der Waals surface area contributed by atoms with Crippen LogP contribution in [0.1, 0.15) is 29.5 Å². The van der Waals surface area contributed by atoms with Crippen molar-refractivity contribution >= 4 is 11.8 Å². The van der Waals surface area contributed by atoms with Gasteiger partial charge in [-0.1, -0.05) is 0 Å². The Morgan fingerprint density at radius 2 is 2.07 bits per heavy atom. The van der Waals surface area contributed by atoms with Gasteiger partial charge in [0.15, 0.2) is 0 Å². The van der Waals surface area contributed by atoms with Gasteiger partial charge in [-0.25, -0.2) is 9.37 Å². The van der Waals surface area contributed by atoms with Crippen molar-refractivity contribution in [3.8, 4) is 5.75 Å². The molecule has 9 heteroatoms. The summed E-state index contributed by atoms with van der Waals surface area (Å²) in [4.78, 5) is 44.5. The fourth-order valence-corrected chi connectivity index (χ4v) is 2.70. The van der Waals surface area contributed by atoms with E-state index in [2.05, 4.69) is 15.3 Å². The summed E-state index contributed by atoms with van der Waals surface area (Å²) in [6.45, 7) is 2.34. The van der Waals surface area contributed by atoms with Gasteiger partial charge >= 0.3 is 0 Å². The van der Waals surface area contributed by atoms with Crippen LogP contribution in [-0.2, 0) is 11.4 Å². The summed E-state index contributed by atoms with van der Waals surface area (Å²) < 4.78 is 18.3. The quantitative estimate of drug-likeness (QED) is 0.825. The molecule has 1 atom stereocenters. The van der Waals surface area contributed by atoms with E-state index >= 15 is 0 Å². The summed E-state index contributed by atoms with van der Waals surface area (Å²) in [6, 6.07) is 5.21. The Morgan fingerprint density at radius 1 is 1.33 bits per heavy atom. The fraction of sp³-hybridized carbons (Fsp3) is 0.333. The largest absolute Gasteiger partial charge is 0.486 e. The minimum Gasteiger partial charge on any atom is -0.486 e. The third-order valence-corrected chi connectivity index (χ3v) is 4.24. The van der Waals surface area contributed by atoms with Crippen LogP contribution in [0.2, 0.25) is 0 Å². The Bertz CT molecular complexity index is 897. The van der Waals surface area contributed by atoms with E-state index in [0.29, 0.717) is 12.3 Å². The summed E-state index contributed by atoms with van der Waals surface area (Å²) in [5.41, 5.74) is -0.676. The number of aromatic amines is 1. The molecule has 0 aliphatic carbocycles. The summed E-state index contributed by atoms with van der Waals surface area (Å²) in [7, 11) is 0. The van der Waals surface area contributed by atoms with Crippen molar-refractivity contribution in [1.82, 2.24) is 20.2 Å². The highest BCUT2D eigenvalue weighted by Gasteiger charge is 2.27. The number of nitrogens with zero attached hydrogens (tertiary/aromatic N) is 2. The molecule has 142 valence electrons. The van der Waals surface area contributed by atoms with E-state index in [-0.39, 0.29) is 48.7 Å². The Kier molecular flexibility index (Phi) is 5.49. The Balaban J connectivity index is 1.70. The number of aromatic nitrogens is 2. The number of nitrogens with one attached hydrogen (secondary N) is 2. The van der Waals surface area contributed by atoms with Gasteiger partial charge < -0.3 is 19.9 Å². The van der Waals surface area contributed by atoms with Gasteiger partial charge in [0.2, 0.25) is 5.91 Å². The van der Waals surface area contributed by atoms with Crippen molar-refractivity contribution in [1.29, 1.82) is 0 Å². The van der Waals surface area contributed by atoms with Crippen LogP contribution >= 0.6 is 0 Å². The third kappa shape index (κ3) is 4.49. The molecule has 1 fully saturated rings. The van der Waals surface area contributed by atoms with Crippen LogP contribution in [0.5, 0.6) is 5.75 Å². The molecule has 2 aromatic rings. The summed E-state index contributed by atoms with van der Waals surface area (Å²) in [5, 5.41) is 2.72. The molecule has 2 N–H and O–H groups in total. The van der Waals surface area contributed by atoms with Crippen LogP contribution in [-0.4, -0.2) is 45.8 Å². The lowest BCUT2D eigenvalue weighted by Gasteiger charge is -2.26. The van der Waals surface area contributed by atoms with Crippen LogP contribution < -0.4 is 15.6 Å². The van der Waals surface area contributed by atoms with Gasteiger partial charge in [0.25, 0.3) is 11.5 Å². The second kappa shape index (κ2) is 7.98. The molecule has 1 aliphatic rings. The van der Waals surface area contributed by atoms with E-state index in [0.717, 1.165) is 0 Å². The zero-order chi connectivity index (χ0) is 19.4. The molecule has 1 saturated heterocycles. The molecule has 0 unspecified atom stereocenters. The lowest BCUT2D eigenvalue weighted by molar-refractivity contribution is -0.120. The predicted octanol–water partition coefficient (Wildman–Crippen LogP) is 0.839. The maximum Gasteiger partial charge on any atom is 0.263 e. The molecule has 8 nitrogen and oxygen atoms in total. The standard InChI is InChI=1S/C18H19FN4O4/c1-11-8-21-16(24)6-7-23(11)18(26)14-9-20-15(22-17(14)25)10-27-13-4-2-12(19)3-5-13/h2-5,9,11H,6-8,10H2,1H3,(H,21,24)(H,20,22,25)/t11-/m1/s1. The number of amides is 2. The number of rotatable bonds is 4. The highest BCUT2D eigenvalue weighted by Crippen LogP contribution is 2.12. The van der Waals surface area contributed by atoms with Crippen molar-refractivity contribution in [3.05, 3.63) is 58.0 Å². The van der Waals surface area contributed by atoms with Crippen LogP contribution in [0.4, 0.5) is 4.39 Å². The lowest BCUT2D eigenvalue weighted by atomic mass is 10.2. The molecule has 1 aromatic heterocycles. The number of ether oxygens (including phenoxy) is 1. The first-order chi connectivity index (χ1) is 12.9. The van der Waals surface area contributed by atoms with E-state index in [1.54, 1.807) is 6.92 Å². The smallest absolute Gasteiger partial charge is 0.263 e. The number of benzene rings is 1. The number of halogens is 1. The first kappa shape index (κ1) is 18.6. The van der Waals surface area contributed by atoms with Crippen LogP contribution in [0.15, 0.2) is 35.3 Å². The maximum atomic E-state index is 12.9. The highest BCUT2D eigenvalue weighted by atomic mass is 19.1. The van der Waals surface area contributed by atoms with Crippen molar-refractivity contribution in [2.45, 2.75) is 26.0 Å². The second-order valence-electron chi connectivity index (χ2n) is 6.22. The predicted molar refractivity (Wildman–Crippen MR) is 93.7 cm³/mol. The molecule has 1 aliphatic heterocycles. The minimum absolute atomic E-state index is 0.0338. The topological polar surface area (TPSA) is 104 Å². The van der Waals surface area contributed by atoms with Crippen LogP contribution in [0.3, 0.4) is 0 Å². The van der Waals surface area contributed by atoms with Gasteiger partial charge in [-0.2, -0.15) is 0 Å². The monoisotopic (exact) mass is 374 g/mol. The number of hydrogen-bond donors (Lipinski definition) is 2. The van der Waals surface area contributed by atoms with E-state index in [9.17, 15) is 18.8 Å². The van der Waals surface area contributed by atoms with Gasteiger partial charge in [-0.3, -0.25) is 14.4 Å². The maximum absolute atomic E-state index is 12.9. The van der Waals surface area contributed by atoms with Crippen molar-refractivity contribution in [2.24, 2.45) is 0 Å². The van der Waals surface area contributed by atoms with Gasteiger partial charge in [-0.15, -0.1) is 0 Å². The van der Waals surface area contributed by atoms with Crippen molar-refractivity contribution in [2.75, 3.05) is 13.1 Å². The number of carbonyl (C=O) groups is 2. The summed E-state index contributed by atoms with van der Waals surface area (Å²) in [5.74, 6) is -0.316. The number of H-pyrrole nitrogens is 1. The molecule has 1 aromatic carbocycles. The average Bonchev–Trinajstić information content (AvgIpc) is 2.82. The average molecular weight is 374 g/mol. The Labute approximate surface area is 154 Å². The zero-order valence-electron chi connectivity index (χ0n) is 14.7. The number of hydrogen-bond acceptors (Lipinski definition) is 5. The summed E-state index contributed by atoms with van der Waals surface area (Å²) in [6.07, 6.45) is 1.39. The second-order valence-corrected chi connectivity index (χ2v) is 6.22. The van der Waals surface area contributed by atoms with Gasteiger partial charge in [0, 0.05) is 31.7 Å². The molecule has 2 amide bonds. The van der Waals surface area contributed by atoms with E-state index in [1.807, 2.05) is 0 Å². The molecule has 0 spiro atoms. The molecule has 0 saturated carbocycles. The fourth-order valence-electron chi connectivity index (χ4n) is 2.70. The van der Waals surface area contributed by atoms with Crippen LogP contribution in [0.25, 0.3) is 0 Å². The molecule has 0 bridgehead atoms. The highest BCUT2D eigenvalue weighted by molar-refractivity contribution is 5.94. The van der Waals surface area contributed by atoms with Crippen molar-refractivity contribution < 1.29 is 18.7 Å². The molecule has 0 radical (unpaired) electrons. The van der Waals surface area contributed by atoms with Gasteiger partial charge in [0.1, 0.15) is 29.6 Å². The van der Waals surface area contributed by atoms with E-state index < -0.39 is 11.5 Å². The summed E-state index contributed by atoms with van der Waals surface area (Å²) >= 11 is 0. The normalized spacial score (nSPS) is 17.2. The molecule has 27 heavy (non-hydrogen) atoms. The molecule has 3 rings (SSSR count). The molecular weight excluding hydrogens is 355 g/mol. The molecular formula is C18H19FN4O4. The first-order valence-electron chi connectivity index (χ1n) is 8.48. The number of carbonyl (C=O) groups excluding carboxylic acids is 2. The van der Waals surface area contributed by atoms with Gasteiger partial charge in [-0.05, 0) is 31.2 Å². The lowest BCUT2D eigenvalue weighted by Crippen LogP contribution is -2.43. The minimum atomic E-state index is -0.580. The van der Waals surface area contributed by atoms with Crippen molar-refractivity contribution in [3.63, 3.8) is 0 Å².